The van der Waals surface area contributed by atoms with Gasteiger partial charge in [0.1, 0.15) is 5.82 Å². The van der Waals surface area contributed by atoms with Crippen LogP contribution in [0.3, 0.4) is 0 Å². The second-order valence-corrected chi connectivity index (χ2v) is 12.2. The van der Waals surface area contributed by atoms with Gasteiger partial charge in [0, 0.05) is 18.5 Å². The predicted octanol–water partition coefficient (Wildman–Crippen LogP) is 8.45. The maximum atomic E-state index is 13.8. The van der Waals surface area contributed by atoms with Crippen molar-refractivity contribution in [3.8, 4) is 0 Å². The summed E-state index contributed by atoms with van der Waals surface area (Å²) in [5.74, 6) is -0.352. The molecule has 2 aromatic rings. The van der Waals surface area contributed by atoms with Gasteiger partial charge in [-0.15, -0.1) is 0 Å². The summed E-state index contributed by atoms with van der Waals surface area (Å²) in [7, 11) is 0. The van der Waals surface area contributed by atoms with Crippen LogP contribution in [0, 0.1) is 11.7 Å². The highest BCUT2D eigenvalue weighted by Gasteiger charge is 2.41. The van der Waals surface area contributed by atoms with Crippen molar-refractivity contribution in [1.29, 1.82) is 0 Å². The van der Waals surface area contributed by atoms with Gasteiger partial charge >= 0.3 is 12.4 Å². The van der Waals surface area contributed by atoms with E-state index in [-0.39, 0.29) is 29.3 Å². The van der Waals surface area contributed by atoms with Gasteiger partial charge in [0.25, 0.3) is 0 Å². The van der Waals surface area contributed by atoms with Gasteiger partial charge in [0.2, 0.25) is 0 Å². The van der Waals surface area contributed by atoms with Crippen molar-refractivity contribution in [1.82, 2.24) is 9.80 Å². The van der Waals surface area contributed by atoms with Crippen LogP contribution in [-0.2, 0) is 17.1 Å². The number of nitrogens with zero attached hydrogens (tertiary/aromatic N) is 2. The lowest BCUT2D eigenvalue weighted by Gasteiger charge is -2.41. The van der Waals surface area contributed by atoms with E-state index in [1.54, 1.807) is 12.1 Å². The highest BCUT2D eigenvalue weighted by Crippen LogP contribution is 2.45. The van der Waals surface area contributed by atoms with Crippen molar-refractivity contribution in [2.24, 2.45) is 5.92 Å². The first-order valence-corrected chi connectivity index (χ1v) is 15.0. The van der Waals surface area contributed by atoms with E-state index in [1.165, 1.54) is 51.4 Å². The number of halogens is 7. The molecule has 4 atom stereocenters. The molecule has 0 bridgehead atoms. The summed E-state index contributed by atoms with van der Waals surface area (Å²) in [6, 6.07) is 8.44. The zero-order valence-electron chi connectivity index (χ0n) is 23.9. The summed E-state index contributed by atoms with van der Waals surface area (Å²) in [6.07, 6.45) is -3.79. The molecule has 10 heteroatoms. The zero-order chi connectivity index (χ0) is 30.1. The first kappa shape index (κ1) is 31.3. The highest BCUT2D eigenvalue weighted by molar-refractivity contribution is 5.35. The van der Waals surface area contributed by atoms with Crippen LogP contribution in [0.15, 0.2) is 42.5 Å². The van der Waals surface area contributed by atoms with Crippen molar-refractivity contribution in [3.63, 3.8) is 0 Å². The van der Waals surface area contributed by atoms with Crippen molar-refractivity contribution in [2.45, 2.75) is 88.4 Å². The normalized spacial score (nSPS) is 26.0. The minimum Gasteiger partial charge on any atom is -0.370 e. The Bertz CT molecular complexity index is 1140. The Morgan fingerprint density at radius 3 is 1.95 bits per heavy atom. The van der Waals surface area contributed by atoms with Gasteiger partial charge in [-0.3, -0.25) is 0 Å². The number of hydrogen-bond donors (Lipinski definition) is 0. The zero-order valence-corrected chi connectivity index (χ0v) is 23.9. The van der Waals surface area contributed by atoms with E-state index < -0.39 is 35.7 Å². The Labute approximate surface area is 243 Å². The second kappa shape index (κ2) is 12.8. The van der Waals surface area contributed by atoms with Gasteiger partial charge in [0.15, 0.2) is 0 Å². The molecule has 0 radical (unpaired) electrons. The molecular weight excluding hydrogens is 561 g/mol. The minimum atomic E-state index is -4.92. The van der Waals surface area contributed by atoms with Crippen LogP contribution in [0.1, 0.15) is 86.1 Å². The number of alkyl halides is 6. The SMILES string of the molecule is C[C@@H](O[C@H]1CC[C@@H](CN2CCC(N3CCCCC3)CC2)[C@@H]1c1ccc(F)cc1)c1cc(C(F)(F)F)cc(C(F)(F)F)c1. The molecule has 3 nitrogen and oxygen atoms in total. The van der Waals surface area contributed by atoms with Crippen LogP contribution in [0.25, 0.3) is 0 Å². The molecule has 5 rings (SSSR count). The fourth-order valence-corrected chi connectivity index (χ4v) is 7.21. The number of benzene rings is 2. The molecular formula is C32H39F7N2O. The van der Waals surface area contributed by atoms with Crippen LogP contribution in [0.4, 0.5) is 30.7 Å². The summed E-state index contributed by atoms with van der Waals surface area (Å²) in [5.41, 5.74) is -2.00. The Kier molecular flexibility index (Phi) is 9.54. The third kappa shape index (κ3) is 7.48. The first-order chi connectivity index (χ1) is 19.9. The van der Waals surface area contributed by atoms with E-state index in [0.29, 0.717) is 12.5 Å². The van der Waals surface area contributed by atoms with Crippen LogP contribution < -0.4 is 0 Å². The second-order valence-electron chi connectivity index (χ2n) is 12.2. The summed E-state index contributed by atoms with van der Waals surface area (Å²) < 4.78 is 101. The van der Waals surface area contributed by atoms with Gasteiger partial charge in [-0.05, 0) is 119 Å². The average molecular weight is 601 g/mol. The van der Waals surface area contributed by atoms with E-state index in [0.717, 1.165) is 56.6 Å². The van der Waals surface area contributed by atoms with Gasteiger partial charge in [0.05, 0.1) is 23.3 Å². The van der Waals surface area contributed by atoms with Crippen LogP contribution in [0.5, 0.6) is 0 Å². The smallest absolute Gasteiger partial charge is 0.370 e. The lowest BCUT2D eigenvalue weighted by Crippen LogP contribution is -2.47. The highest BCUT2D eigenvalue weighted by atomic mass is 19.4. The van der Waals surface area contributed by atoms with E-state index in [4.69, 9.17) is 4.74 Å². The fraction of sp³-hybridized carbons (Fsp3) is 0.625. The third-order valence-electron chi connectivity index (χ3n) is 9.40. The Morgan fingerprint density at radius 2 is 1.38 bits per heavy atom. The summed E-state index contributed by atoms with van der Waals surface area (Å²) >= 11 is 0. The molecule has 0 amide bonds. The Balaban J connectivity index is 1.31. The lowest BCUT2D eigenvalue weighted by molar-refractivity contribution is -0.143. The van der Waals surface area contributed by atoms with Gasteiger partial charge in [-0.25, -0.2) is 4.39 Å². The monoisotopic (exact) mass is 600 g/mol. The van der Waals surface area contributed by atoms with E-state index in [2.05, 4.69) is 9.80 Å². The molecule has 3 fully saturated rings. The lowest BCUT2D eigenvalue weighted by atomic mass is 9.86. The summed E-state index contributed by atoms with van der Waals surface area (Å²) in [5, 5.41) is 0. The van der Waals surface area contributed by atoms with E-state index in [9.17, 15) is 30.7 Å². The van der Waals surface area contributed by atoms with Gasteiger partial charge in [-0.2, -0.15) is 26.3 Å². The van der Waals surface area contributed by atoms with Crippen molar-refractivity contribution >= 4 is 0 Å². The number of piperidine rings is 2. The topological polar surface area (TPSA) is 15.7 Å². The average Bonchev–Trinajstić information content (AvgIpc) is 3.34. The number of ether oxygens (including phenoxy) is 1. The summed E-state index contributed by atoms with van der Waals surface area (Å²) in [4.78, 5) is 5.09. The molecule has 3 aliphatic rings. The molecule has 2 heterocycles. The maximum absolute atomic E-state index is 13.8. The molecule has 0 unspecified atom stereocenters. The number of likely N-dealkylation sites (tertiary alicyclic amines) is 2. The minimum absolute atomic E-state index is 0.137. The Morgan fingerprint density at radius 1 is 0.786 bits per heavy atom. The third-order valence-corrected chi connectivity index (χ3v) is 9.40. The van der Waals surface area contributed by atoms with E-state index in [1.807, 2.05) is 0 Å². The molecule has 232 valence electrons. The van der Waals surface area contributed by atoms with Gasteiger partial charge < -0.3 is 14.5 Å². The van der Waals surface area contributed by atoms with Crippen LogP contribution in [-0.4, -0.2) is 54.7 Å². The molecule has 1 aliphatic carbocycles. The fourth-order valence-electron chi connectivity index (χ4n) is 7.21. The molecule has 42 heavy (non-hydrogen) atoms. The quantitative estimate of drug-likeness (QED) is 0.297. The maximum Gasteiger partial charge on any atom is 0.416 e. The largest absolute Gasteiger partial charge is 0.416 e. The van der Waals surface area contributed by atoms with Crippen molar-refractivity contribution in [2.75, 3.05) is 32.7 Å². The molecule has 2 aliphatic heterocycles. The Hall–Kier alpha value is -2.17. The van der Waals surface area contributed by atoms with Gasteiger partial charge in [-0.1, -0.05) is 18.6 Å². The molecule has 0 N–H and O–H groups in total. The van der Waals surface area contributed by atoms with Crippen LogP contribution >= 0.6 is 0 Å². The number of hydrogen-bond acceptors (Lipinski definition) is 3. The standard InChI is InChI=1S/C32H39F7N2O/c1-21(24-17-25(31(34,35)36)19-26(18-24)32(37,38)39)42-29-10-7-23(30(29)22-5-8-27(33)9-6-22)20-40-15-11-28(12-16-40)41-13-3-2-4-14-41/h5-6,8-9,17-19,21,23,28-30H,2-4,7,10-16,20H2,1H3/t21-,23+,29+,30+/m1/s1. The number of rotatable bonds is 7. The molecule has 2 aromatic carbocycles. The molecule has 1 saturated carbocycles. The van der Waals surface area contributed by atoms with Crippen LogP contribution in [0.2, 0.25) is 0 Å². The van der Waals surface area contributed by atoms with E-state index >= 15 is 0 Å². The molecule has 2 saturated heterocycles. The summed E-state index contributed by atoms with van der Waals surface area (Å²) in [6.45, 7) is 6.64. The van der Waals surface area contributed by atoms with Crippen molar-refractivity contribution < 1.29 is 35.5 Å². The molecule has 0 spiro atoms. The predicted molar refractivity (Wildman–Crippen MR) is 146 cm³/mol. The first-order valence-electron chi connectivity index (χ1n) is 15.0. The van der Waals surface area contributed by atoms with Crippen molar-refractivity contribution in [3.05, 3.63) is 70.5 Å². The molecule has 0 aromatic heterocycles.